The van der Waals surface area contributed by atoms with E-state index in [2.05, 4.69) is 0 Å². The molecule has 4 nitrogen and oxygen atoms in total. The van der Waals surface area contributed by atoms with E-state index in [1.54, 1.807) is 19.2 Å². The third-order valence-corrected chi connectivity index (χ3v) is 3.89. The van der Waals surface area contributed by atoms with E-state index >= 15 is 0 Å². The maximum absolute atomic E-state index is 12.5. The van der Waals surface area contributed by atoms with Gasteiger partial charge in [-0.05, 0) is 24.8 Å². The van der Waals surface area contributed by atoms with Crippen LogP contribution in [0, 0.1) is 6.92 Å². The molecule has 0 unspecified atom stereocenters. The first-order chi connectivity index (χ1) is 8.76. The molecule has 0 N–H and O–H groups in total. The molecular formula is C11H11F3N2O2S. The molecular weight excluding hydrogens is 281 g/mol. The van der Waals surface area contributed by atoms with Gasteiger partial charge in [0.2, 0.25) is 0 Å². The molecule has 0 atom stereocenters. The van der Waals surface area contributed by atoms with Crippen LogP contribution in [0.3, 0.4) is 0 Å². The summed E-state index contributed by atoms with van der Waals surface area (Å²) in [6, 6.07) is 0. The summed E-state index contributed by atoms with van der Waals surface area (Å²) < 4.78 is 39.1. The van der Waals surface area contributed by atoms with E-state index in [0.717, 1.165) is 15.9 Å². The second-order valence-corrected chi connectivity index (χ2v) is 4.99. The average molecular weight is 292 g/mol. The van der Waals surface area contributed by atoms with Crippen LogP contribution < -0.4 is 11.2 Å². The van der Waals surface area contributed by atoms with Crippen LogP contribution in [0.2, 0.25) is 0 Å². The predicted octanol–water partition coefficient (Wildman–Crippen LogP) is 2.12. The largest absolute Gasteiger partial charge is 0.406 e. The van der Waals surface area contributed by atoms with Gasteiger partial charge < -0.3 is 0 Å². The second-order valence-electron chi connectivity index (χ2n) is 4.13. The van der Waals surface area contributed by atoms with Crippen molar-refractivity contribution in [2.24, 2.45) is 0 Å². The normalized spacial score (nSPS) is 12.3. The summed E-state index contributed by atoms with van der Waals surface area (Å²) in [6.07, 6.45) is -4.51. The number of hydrogen-bond acceptors (Lipinski definition) is 3. The first-order valence-electron chi connectivity index (χ1n) is 5.54. The van der Waals surface area contributed by atoms with E-state index in [1.807, 2.05) is 0 Å². The zero-order valence-corrected chi connectivity index (χ0v) is 11.1. The van der Waals surface area contributed by atoms with E-state index in [9.17, 15) is 22.8 Å². The molecule has 0 amide bonds. The zero-order chi connectivity index (χ0) is 14.4. The van der Waals surface area contributed by atoms with Gasteiger partial charge in [0.15, 0.2) is 0 Å². The summed E-state index contributed by atoms with van der Waals surface area (Å²) in [5.74, 6) is 0. The SMILES string of the molecule is CCn1c(=O)c2c(C)csc2n(CC(F)(F)F)c1=O. The highest BCUT2D eigenvalue weighted by molar-refractivity contribution is 7.17. The van der Waals surface area contributed by atoms with Gasteiger partial charge in [-0.2, -0.15) is 13.2 Å². The number of aryl methyl sites for hydroxylation is 1. The van der Waals surface area contributed by atoms with Crippen molar-refractivity contribution in [3.8, 4) is 0 Å². The number of fused-ring (bicyclic) bond motifs is 1. The predicted molar refractivity (Wildman–Crippen MR) is 66.8 cm³/mol. The Morgan fingerprint density at radius 1 is 1.26 bits per heavy atom. The molecule has 0 bridgehead atoms. The summed E-state index contributed by atoms with van der Waals surface area (Å²) in [7, 11) is 0. The van der Waals surface area contributed by atoms with Crippen molar-refractivity contribution >= 4 is 21.6 Å². The van der Waals surface area contributed by atoms with Gasteiger partial charge in [-0.15, -0.1) is 11.3 Å². The van der Waals surface area contributed by atoms with Gasteiger partial charge in [-0.1, -0.05) is 0 Å². The lowest BCUT2D eigenvalue weighted by Crippen LogP contribution is -2.41. The first kappa shape index (κ1) is 13.9. The Kier molecular flexibility index (Phi) is 3.29. The Morgan fingerprint density at radius 3 is 2.42 bits per heavy atom. The third kappa shape index (κ3) is 2.32. The van der Waals surface area contributed by atoms with Crippen molar-refractivity contribution in [3.63, 3.8) is 0 Å². The molecule has 2 aromatic heterocycles. The van der Waals surface area contributed by atoms with Gasteiger partial charge in [0, 0.05) is 6.54 Å². The van der Waals surface area contributed by atoms with Crippen LogP contribution in [0.25, 0.3) is 10.2 Å². The van der Waals surface area contributed by atoms with Crippen molar-refractivity contribution in [2.75, 3.05) is 0 Å². The van der Waals surface area contributed by atoms with Crippen molar-refractivity contribution < 1.29 is 13.2 Å². The fourth-order valence-electron chi connectivity index (χ4n) is 1.94. The second kappa shape index (κ2) is 4.52. The molecule has 104 valence electrons. The zero-order valence-electron chi connectivity index (χ0n) is 10.2. The average Bonchev–Trinajstić information content (AvgIpc) is 2.66. The number of nitrogens with zero attached hydrogens (tertiary/aromatic N) is 2. The summed E-state index contributed by atoms with van der Waals surface area (Å²) in [5, 5.41) is 1.77. The fourth-order valence-corrected chi connectivity index (χ4v) is 2.98. The highest BCUT2D eigenvalue weighted by Gasteiger charge is 2.30. The maximum atomic E-state index is 12.5. The monoisotopic (exact) mass is 292 g/mol. The Hall–Kier alpha value is -1.57. The van der Waals surface area contributed by atoms with Gasteiger partial charge in [-0.3, -0.25) is 13.9 Å². The summed E-state index contributed by atoms with van der Waals surface area (Å²) >= 11 is 0.978. The molecule has 0 aromatic carbocycles. The van der Waals surface area contributed by atoms with Crippen LogP contribution >= 0.6 is 11.3 Å². The molecule has 2 aromatic rings. The highest BCUT2D eigenvalue weighted by atomic mass is 32.1. The molecule has 0 aliphatic carbocycles. The molecule has 19 heavy (non-hydrogen) atoms. The molecule has 0 spiro atoms. The summed E-state index contributed by atoms with van der Waals surface area (Å²) in [6.45, 7) is 1.85. The van der Waals surface area contributed by atoms with Gasteiger partial charge in [-0.25, -0.2) is 4.79 Å². The molecule has 0 aliphatic rings. The lowest BCUT2D eigenvalue weighted by atomic mass is 10.2. The van der Waals surface area contributed by atoms with Gasteiger partial charge >= 0.3 is 11.9 Å². The molecule has 0 saturated carbocycles. The van der Waals surface area contributed by atoms with Crippen LogP contribution in [0.5, 0.6) is 0 Å². The van der Waals surface area contributed by atoms with Crippen LogP contribution in [0.4, 0.5) is 13.2 Å². The van der Waals surface area contributed by atoms with E-state index in [4.69, 9.17) is 0 Å². The van der Waals surface area contributed by atoms with Crippen molar-refractivity contribution in [1.82, 2.24) is 9.13 Å². The molecule has 2 heterocycles. The minimum absolute atomic E-state index is 0.0424. The summed E-state index contributed by atoms with van der Waals surface area (Å²) in [4.78, 5) is 24.1. The topological polar surface area (TPSA) is 44.0 Å². The standard InChI is InChI=1S/C11H11F3N2O2S/c1-3-15-8(17)7-6(2)4-19-9(7)16(10(15)18)5-11(12,13)14/h4H,3,5H2,1-2H3. The van der Waals surface area contributed by atoms with Crippen LogP contribution in [0.1, 0.15) is 12.5 Å². The molecule has 2 rings (SSSR count). The minimum Gasteiger partial charge on any atom is -0.275 e. The van der Waals surface area contributed by atoms with Crippen molar-refractivity contribution in [2.45, 2.75) is 33.1 Å². The summed E-state index contributed by atoms with van der Waals surface area (Å²) in [5.41, 5.74) is -0.859. The number of aromatic nitrogens is 2. The van der Waals surface area contributed by atoms with Gasteiger partial charge in [0.05, 0.1) is 5.39 Å². The number of rotatable bonds is 2. The smallest absolute Gasteiger partial charge is 0.275 e. The van der Waals surface area contributed by atoms with Gasteiger partial charge in [0.25, 0.3) is 5.56 Å². The van der Waals surface area contributed by atoms with Crippen LogP contribution in [0.15, 0.2) is 15.0 Å². The Bertz CT molecular complexity index is 739. The minimum atomic E-state index is -4.51. The van der Waals surface area contributed by atoms with Crippen LogP contribution in [-0.2, 0) is 13.1 Å². The van der Waals surface area contributed by atoms with E-state index in [1.165, 1.54) is 0 Å². The van der Waals surface area contributed by atoms with Crippen molar-refractivity contribution in [1.29, 1.82) is 0 Å². The van der Waals surface area contributed by atoms with E-state index in [-0.39, 0.29) is 16.8 Å². The fraction of sp³-hybridized carbons (Fsp3) is 0.455. The Labute approximate surface area is 109 Å². The number of halogens is 3. The Balaban J connectivity index is 2.90. The molecule has 0 aliphatic heterocycles. The van der Waals surface area contributed by atoms with E-state index < -0.39 is 24.0 Å². The first-order valence-corrected chi connectivity index (χ1v) is 6.42. The van der Waals surface area contributed by atoms with Crippen LogP contribution in [-0.4, -0.2) is 15.3 Å². The third-order valence-electron chi connectivity index (χ3n) is 2.78. The van der Waals surface area contributed by atoms with Crippen molar-refractivity contribution in [3.05, 3.63) is 31.8 Å². The maximum Gasteiger partial charge on any atom is 0.406 e. The molecule has 0 fully saturated rings. The number of alkyl halides is 3. The molecule has 0 radical (unpaired) electrons. The lowest BCUT2D eigenvalue weighted by molar-refractivity contribution is -0.140. The Morgan fingerprint density at radius 2 is 1.89 bits per heavy atom. The van der Waals surface area contributed by atoms with Gasteiger partial charge in [0.1, 0.15) is 11.4 Å². The molecule has 0 saturated heterocycles. The number of hydrogen-bond donors (Lipinski definition) is 0. The lowest BCUT2D eigenvalue weighted by Gasteiger charge is -2.12. The van der Waals surface area contributed by atoms with E-state index in [0.29, 0.717) is 10.1 Å². The number of thiophene rings is 1. The highest BCUT2D eigenvalue weighted by Crippen LogP contribution is 2.24. The quantitative estimate of drug-likeness (QED) is 0.851. The molecule has 8 heteroatoms.